The number of para-hydroxylation sites is 1. The van der Waals surface area contributed by atoms with E-state index < -0.39 is 6.04 Å². The summed E-state index contributed by atoms with van der Waals surface area (Å²) < 4.78 is 12.9. The van der Waals surface area contributed by atoms with E-state index in [1.807, 2.05) is 41.9 Å². The van der Waals surface area contributed by atoms with Crippen LogP contribution in [0.25, 0.3) is 0 Å². The number of carbonyl (C=O) groups excluding carboxylic acids is 1. The number of hydrogen-bond acceptors (Lipinski definition) is 5. The number of amides is 1. The molecule has 7 nitrogen and oxygen atoms in total. The second-order valence-corrected chi connectivity index (χ2v) is 7.52. The lowest BCUT2D eigenvalue weighted by atomic mass is 10.0. The first kappa shape index (κ1) is 19.2. The van der Waals surface area contributed by atoms with Crippen LogP contribution in [0.4, 0.5) is 0 Å². The summed E-state index contributed by atoms with van der Waals surface area (Å²) in [4.78, 5) is 13.1. The molecule has 4 rings (SSSR count). The smallest absolute Gasteiger partial charge is 0.274 e. The van der Waals surface area contributed by atoms with Gasteiger partial charge in [0.05, 0.1) is 19.1 Å². The number of furan rings is 1. The van der Waals surface area contributed by atoms with Crippen molar-refractivity contribution in [2.24, 2.45) is 5.92 Å². The molecular formula is C22H26N4O3. The zero-order valence-corrected chi connectivity index (χ0v) is 16.8. The maximum atomic E-state index is 13.1. The highest BCUT2D eigenvalue weighted by Crippen LogP contribution is 2.31. The van der Waals surface area contributed by atoms with Crippen LogP contribution in [0.15, 0.2) is 47.1 Å². The molecule has 1 N–H and O–H groups in total. The van der Waals surface area contributed by atoms with Crippen molar-refractivity contribution in [2.45, 2.75) is 45.2 Å². The Morgan fingerprint density at radius 1 is 1.28 bits per heavy atom. The number of aromatic nitrogens is 3. The summed E-state index contributed by atoms with van der Waals surface area (Å²) in [5, 5.41) is 11.4. The van der Waals surface area contributed by atoms with Crippen LogP contribution >= 0.6 is 0 Å². The lowest BCUT2D eigenvalue weighted by Crippen LogP contribution is -2.30. The highest BCUT2D eigenvalue weighted by Gasteiger charge is 2.26. The summed E-state index contributed by atoms with van der Waals surface area (Å²) in [5.74, 6) is 1.64. The Balaban J connectivity index is 1.58. The first-order valence-electron chi connectivity index (χ1n) is 10.0. The fourth-order valence-corrected chi connectivity index (χ4v) is 4.04. The van der Waals surface area contributed by atoms with E-state index in [2.05, 4.69) is 15.6 Å². The molecule has 1 atom stereocenters. The number of hydrogen-bond donors (Lipinski definition) is 1. The van der Waals surface area contributed by atoms with Gasteiger partial charge in [-0.2, -0.15) is 0 Å². The fourth-order valence-electron chi connectivity index (χ4n) is 4.04. The topological polar surface area (TPSA) is 82.2 Å². The fraction of sp³-hybridized carbons (Fsp3) is 0.409. The molecule has 3 aromatic rings. The van der Waals surface area contributed by atoms with Gasteiger partial charge in [0.1, 0.15) is 17.6 Å². The van der Waals surface area contributed by atoms with E-state index in [-0.39, 0.29) is 5.91 Å². The molecule has 0 bridgehead atoms. The SMILES string of the molecule is COc1ccccc1C(NC(=O)c1nnn(CC2CCCC2)c1C)c1ccco1. The molecule has 1 aliphatic rings. The third-order valence-corrected chi connectivity index (χ3v) is 5.66. The van der Waals surface area contributed by atoms with Crippen LogP contribution in [-0.4, -0.2) is 28.0 Å². The van der Waals surface area contributed by atoms with Crippen molar-refractivity contribution >= 4 is 5.91 Å². The number of ether oxygens (including phenoxy) is 1. The minimum absolute atomic E-state index is 0.285. The lowest BCUT2D eigenvalue weighted by molar-refractivity contribution is 0.0932. The number of carbonyl (C=O) groups is 1. The second-order valence-electron chi connectivity index (χ2n) is 7.52. The summed E-state index contributed by atoms with van der Waals surface area (Å²) in [6.45, 7) is 2.72. The minimum Gasteiger partial charge on any atom is -0.496 e. The van der Waals surface area contributed by atoms with Crippen LogP contribution in [0.5, 0.6) is 5.75 Å². The number of methoxy groups -OCH3 is 1. The molecular weight excluding hydrogens is 368 g/mol. The van der Waals surface area contributed by atoms with Crippen LogP contribution < -0.4 is 10.1 Å². The molecule has 1 fully saturated rings. The van der Waals surface area contributed by atoms with Gasteiger partial charge in [-0.3, -0.25) is 4.79 Å². The number of benzene rings is 1. The third-order valence-electron chi connectivity index (χ3n) is 5.66. The molecule has 0 radical (unpaired) electrons. The largest absolute Gasteiger partial charge is 0.496 e. The predicted octanol–water partition coefficient (Wildman–Crippen LogP) is 3.90. The van der Waals surface area contributed by atoms with Gasteiger partial charge in [0.15, 0.2) is 5.69 Å². The molecule has 152 valence electrons. The van der Waals surface area contributed by atoms with Crippen molar-refractivity contribution in [3.05, 3.63) is 65.4 Å². The monoisotopic (exact) mass is 394 g/mol. The zero-order chi connectivity index (χ0) is 20.2. The predicted molar refractivity (Wildman–Crippen MR) is 108 cm³/mol. The van der Waals surface area contributed by atoms with Gasteiger partial charge in [-0.1, -0.05) is 36.3 Å². The normalized spacial score (nSPS) is 15.4. The molecule has 29 heavy (non-hydrogen) atoms. The van der Waals surface area contributed by atoms with Gasteiger partial charge >= 0.3 is 0 Å². The molecule has 1 unspecified atom stereocenters. The maximum Gasteiger partial charge on any atom is 0.274 e. The summed E-state index contributed by atoms with van der Waals surface area (Å²) in [6, 6.07) is 10.7. The van der Waals surface area contributed by atoms with Gasteiger partial charge in [-0.25, -0.2) is 4.68 Å². The van der Waals surface area contributed by atoms with Gasteiger partial charge in [0.25, 0.3) is 5.91 Å². The first-order valence-corrected chi connectivity index (χ1v) is 10.0. The van der Waals surface area contributed by atoms with Crippen LogP contribution in [0, 0.1) is 12.8 Å². The average molecular weight is 394 g/mol. The van der Waals surface area contributed by atoms with Crippen molar-refractivity contribution in [1.29, 1.82) is 0 Å². The Hall–Kier alpha value is -3.09. The average Bonchev–Trinajstić information content (AvgIpc) is 3.50. The highest BCUT2D eigenvalue weighted by molar-refractivity contribution is 5.93. The Morgan fingerprint density at radius 2 is 2.07 bits per heavy atom. The summed E-state index contributed by atoms with van der Waals surface area (Å²) in [5.41, 5.74) is 1.94. The van der Waals surface area contributed by atoms with Gasteiger partial charge in [-0.15, -0.1) is 5.10 Å². The van der Waals surface area contributed by atoms with Gasteiger partial charge in [-0.05, 0) is 43.9 Å². The molecule has 2 heterocycles. The molecule has 1 saturated carbocycles. The standard InChI is InChI=1S/C22H26N4O3/c1-15-20(24-25-26(15)14-16-8-3-4-9-16)22(27)23-21(19-12-7-13-29-19)17-10-5-6-11-18(17)28-2/h5-7,10-13,16,21H,3-4,8-9,14H2,1-2H3,(H,23,27). The lowest BCUT2D eigenvalue weighted by Gasteiger charge is -2.19. The van der Waals surface area contributed by atoms with Crippen molar-refractivity contribution < 1.29 is 13.9 Å². The minimum atomic E-state index is -0.493. The van der Waals surface area contributed by atoms with Gasteiger partial charge in [0, 0.05) is 12.1 Å². The molecule has 0 aliphatic heterocycles. The molecule has 1 aromatic carbocycles. The van der Waals surface area contributed by atoms with E-state index in [1.54, 1.807) is 19.4 Å². The zero-order valence-electron chi connectivity index (χ0n) is 16.8. The Morgan fingerprint density at radius 3 is 2.79 bits per heavy atom. The number of nitrogens with one attached hydrogen (secondary N) is 1. The van der Waals surface area contributed by atoms with E-state index >= 15 is 0 Å². The molecule has 1 aliphatic carbocycles. The van der Waals surface area contributed by atoms with Crippen LogP contribution in [-0.2, 0) is 6.54 Å². The Kier molecular flexibility index (Phi) is 5.64. The number of nitrogens with zero attached hydrogens (tertiary/aromatic N) is 3. The maximum absolute atomic E-state index is 13.1. The van der Waals surface area contributed by atoms with E-state index in [4.69, 9.17) is 9.15 Å². The van der Waals surface area contributed by atoms with E-state index in [9.17, 15) is 4.79 Å². The summed E-state index contributed by atoms with van der Waals surface area (Å²) in [7, 11) is 1.61. The van der Waals surface area contributed by atoms with Crippen LogP contribution in [0.2, 0.25) is 0 Å². The van der Waals surface area contributed by atoms with Crippen molar-refractivity contribution in [3.8, 4) is 5.75 Å². The third kappa shape index (κ3) is 4.04. The molecule has 2 aromatic heterocycles. The molecule has 1 amide bonds. The summed E-state index contributed by atoms with van der Waals surface area (Å²) >= 11 is 0. The van der Waals surface area contributed by atoms with E-state index in [0.717, 1.165) is 17.8 Å². The summed E-state index contributed by atoms with van der Waals surface area (Å²) in [6.07, 6.45) is 6.57. The Labute approximate surface area is 170 Å². The number of rotatable bonds is 7. The van der Waals surface area contributed by atoms with Crippen LogP contribution in [0.1, 0.15) is 59.2 Å². The Bertz CT molecular complexity index is 958. The van der Waals surface area contributed by atoms with Crippen molar-refractivity contribution in [2.75, 3.05) is 7.11 Å². The van der Waals surface area contributed by atoms with Crippen molar-refractivity contribution in [3.63, 3.8) is 0 Å². The molecule has 0 spiro atoms. The van der Waals surface area contributed by atoms with E-state index in [0.29, 0.717) is 23.1 Å². The van der Waals surface area contributed by atoms with Crippen LogP contribution in [0.3, 0.4) is 0 Å². The first-order chi connectivity index (χ1) is 14.2. The quantitative estimate of drug-likeness (QED) is 0.657. The van der Waals surface area contributed by atoms with Gasteiger partial charge in [0.2, 0.25) is 0 Å². The molecule has 0 saturated heterocycles. The second kappa shape index (κ2) is 8.51. The highest BCUT2D eigenvalue weighted by atomic mass is 16.5. The van der Waals surface area contributed by atoms with Gasteiger partial charge < -0.3 is 14.5 Å². The van der Waals surface area contributed by atoms with E-state index in [1.165, 1.54) is 25.7 Å². The molecule has 7 heteroatoms. The van der Waals surface area contributed by atoms with Crippen molar-refractivity contribution in [1.82, 2.24) is 20.3 Å².